The lowest BCUT2D eigenvalue weighted by Crippen LogP contribution is -2.11. The molecule has 1 fully saturated rings. The minimum absolute atomic E-state index is 0.746. The molecule has 1 aromatic carbocycles. The van der Waals surface area contributed by atoms with Gasteiger partial charge in [0.1, 0.15) is 5.75 Å². The van der Waals surface area contributed by atoms with Crippen molar-refractivity contribution >= 4 is 5.69 Å². The normalized spacial score (nSPS) is 16.1. The molecule has 0 spiro atoms. The van der Waals surface area contributed by atoms with E-state index in [1.54, 1.807) is 7.11 Å². The van der Waals surface area contributed by atoms with Crippen LogP contribution in [0, 0.1) is 6.92 Å². The SMILES string of the molecule is CC/C=C(\C)Nc1cc(C)c(C2CCC2)cc1OC. The van der Waals surface area contributed by atoms with Gasteiger partial charge in [-0.3, -0.25) is 0 Å². The van der Waals surface area contributed by atoms with E-state index in [1.807, 2.05) is 0 Å². The van der Waals surface area contributed by atoms with Gasteiger partial charge in [-0.2, -0.15) is 0 Å². The van der Waals surface area contributed by atoms with Gasteiger partial charge < -0.3 is 10.1 Å². The molecule has 0 heterocycles. The van der Waals surface area contributed by atoms with Crippen molar-refractivity contribution in [3.8, 4) is 5.75 Å². The molecule has 1 saturated carbocycles. The fourth-order valence-corrected chi connectivity index (χ4v) is 2.70. The summed E-state index contributed by atoms with van der Waals surface area (Å²) in [7, 11) is 1.75. The Labute approximate surface area is 116 Å². The van der Waals surface area contributed by atoms with Crippen molar-refractivity contribution in [1.82, 2.24) is 0 Å². The molecule has 0 bridgehead atoms. The Morgan fingerprint density at radius 2 is 2.16 bits per heavy atom. The largest absolute Gasteiger partial charge is 0.495 e. The molecule has 0 amide bonds. The van der Waals surface area contributed by atoms with E-state index in [9.17, 15) is 0 Å². The molecule has 0 saturated heterocycles. The Kier molecular flexibility index (Phi) is 4.52. The summed E-state index contributed by atoms with van der Waals surface area (Å²) in [6, 6.07) is 4.44. The van der Waals surface area contributed by atoms with Gasteiger partial charge in [0.25, 0.3) is 0 Å². The number of rotatable bonds is 5. The summed E-state index contributed by atoms with van der Waals surface area (Å²) < 4.78 is 5.55. The van der Waals surface area contributed by atoms with Crippen molar-refractivity contribution in [2.45, 2.75) is 52.4 Å². The van der Waals surface area contributed by atoms with Crippen molar-refractivity contribution in [3.05, 3.63) is 35.0 Å². The lowest BCUT2D eigenvalue weighted by atomic mass is 9.78. The van der Waals surface area contributed by atoms with Crippen molar-refractivity contribution in [3.63, 3.8) is 0 Å². The zero-order chi connectivity index (χ0) is 13.8. The highest BCUT2D eigenvalue weighted by Crippen LogP contribution is 2.41. The summed E-state index contributed by atoms with van der Waals surface area (Å²) in [5.41, 5.74) is 5.09. The molecule has 0 radical (unpaired) electrons. The van der Waals surface area contributed by atoms with Crippen LogP contribution in [0.5, 0.6) is 5.75 Å². The first-order chi connectivity index (χ1) is 9.15. The molecule has 0 aliphatic heterocycles. The average molecular weight is 259 g/mol. The van der Waals surface area contributed by atoms with Gasteiger partial charge in [-0.1, -0.05) is 19.4 Å². The lowest BCUT2D eigenvalue weighted by Gasteiger charge is -2.28. The van der Waals surface area contributed by atoms with Crippen LogP contribution in [-0.4, -0.2) is 7.11 Å². The van der Waals surface area contributed by atoms with Gasteiger partial charge in [-0.05, 0) is 62.3 Å². The smallest absolute Gasteiger partial charge is 0.142 e. The maximum absolute atomic E-state index is 5.55. The number of hydrogen-bond donors (Lipinski definition) is 1. The van der Waals surface area contributed by atoms with Crippen LogP contribution < -0.4 is 10.1 Å². The fraction of sp³-hybridized carbons (Fsp3) is 0.529. The van der Waals surface area contributed by atoms with E-state index in [-0.39, 0.29) is 0 Å². The van der Waals surface area contributed by atoms with Gasteiger partial charge in [0.15, 0.2) is 0 Å². The van der Waals surface area contributed by atoms with Crippen molar-refractivity contribution in [2.75, 3.05) is 12.4 Å². The van der Waals surface area contributed by atoms with E-state index in [4.69, 9.17) is 4.74 Å². The molecule has 1 aliphatic carbocycles. The second-order valence-corrected chi connectivity index (χ2v) is 5.46. The molecule has 104 valence electrons. The van der Waals surface area contributed by atoms with Crippen LogP contribution >= 0.6 is 0 Å². The predicted octanol–water partition coefficient (Wildman–Crippen LogP) is 5.00. The van der Waals surface area contributed by atoms with E-state index in [0.717, 1.165) is 23.8 Å². The van der Waals surface area contributed by atoms with E-state index in [2.05, 4.69) is 44.3 Å². The predicted molar refractivity (Wildman–Crippen MR) is 82.0 cm³/mol. The van der Waals surface area contributed by atoms with Gasteiger partial charge in [0.2, 0.25) is 0 Å². The Morgan fingerprint density at radius 3 is 2.68 bits per heavy atom. The number of benzene rings is 1. The van der Waals surface area contributed by atoms with Crippen LogP contribution in [-0.2, 0) is 0 Å². The van der Waals surface area contributed by atoms with Gasteiger partial charge in [-0.15, -0.1) is 0 Å². The van der Waals surface area contributed by atoms with Gasteiger partial charge in [0.05, 0.1) is 12.8 Å². The zero-order valence-corrected chi connectivity index (χ0v) is 12.5. The van der Waals surface area contributed by atoms with Crippen LogP contribution in [0.15, 0.2) is 23.9 Å². The summed E-state index contributed by atoms with van der Waals surface area (Å²) in [4.78, 5) is 0. The van der Waals surface area contributed by atoms with Crippen LogP contribution in [0.2, 0.25) is 0 Å². The van der Waals surface area contributed by atoms with E-state index < -0.39 is 0 Å². The molecule has 2 rings (SSSR count). The first kappa shape index (κ1) is 14.0. The Balaban J connectivity index is 2.28. The third-order valence-electron chi connectivity index (χ3n) is 3.98. The topological polar surface area (TPSA) is 21.3 Å². The second kappa shape index (κ2) is 6.14. The molecule has 1 aromatic rings. The first-order valence-electron chi connectivity index (χ1n) is 7.28. The summed E-state index contributed by atoms with van der Waals surface area (Å²) in [5.74, 6) is 1.70. The third kappa shape index (κ3) is 3.12. The molecular weight excluding hydrogens is 234 g/mol. The monoisotopic (exact) mass is 259 g/mol. The van der Waals surface area contributed by atoms with Gasteiger partial charge >= 0.3 is 0 Å². The number of anilines is 1. The zero-order valence-electron chi connectivity index (χ0n) is 12.5. The summed E-state index contributed by atoms with van der Waals surface area (Å²) in [6.45, 7) is 6.45. The molecule has 2 heteroatoms. The van der Waals surface area contributed by atoms with Gasteiger partial charge in [-0.25, -0.2) is 0 Å². The standard InChI is InChI=1S/C17H25NO/c1-5-7-13(3)18-16-10-12(2)15(11-17(16)19-4)14-8-6-9-14/h7,10-11,14,18H,5-6,8-9H2,1-4H3/b13-7+. The highest BCUT2D eigenvalue weighted by atomic mass is 16.5. The van der Waals surface area contributed by atoms with E-state index in [0.29, 0.717) is 0 Å². The molecule has 0 aromatic heterocycles. The Hall–Kier alpha value is -1.44. The van der Waals surface area contributed by atoms with Crippen LogP contribution in [0.4, 0.5) is 5.69 Å². The molecule has 19 heavy (non-hydrogen) atoms. The quantitative estimate of drug-likeness (QED) is 0.803. The number of allylic oxidation sites excluding steroid dienone is 2. The Bertz CT molecular complexity index is 472. The molecule has 0 atom stereocenters. The number of nitrogens with one attached hydrogen (secondary N) is 1. The van der Waals surface area contributed by atoms with Crippen molar-refractivity contribution in [2.24, 2.45) is 0 Å². The molecule has 1 N–H and O–H groups in total. The van der Waals surface area contributed by atoms with Crippen molar-refractivity contribution in [1.29, 1.82) is 0 Å². The first-order valence-corrected chi connectivity index (χ1v) is 7.28. The van der Waals surface area contributed by atoms with E-state index in [1.165, 1.54) is 36.1 Å². The number of hydrogen-bond acceptors (Lipinski definition) is 2. The number of methoxy groups -OCH3 is 1. The number of aryl methyl sites for hydroxylation is 1. The fourth-order valence-electron chi connectivity index (χ4n) is 2.70. The third-order valence-corrected chi connectivity index (χ3v) is 3.98. The average Bonchev–Trinajstić information content (AvgIpc) is 2.30. The summed E-state index contributed by atoms with van der Waals surface area (Å²) in [6.07, 6.45) is 7.25. The van der Waals surface area contributed by atoms with Crippen LogP contribution in [0.1, 0.15) is 56.6 Å². The second-order valence-electron chi connectivity index (χ2n) is 5.46. The van der Waals surface area contributed by atoms with Crippen molar-refractivity contribution < 1.29 is 4.74 Å². The highest BCUT2D eigenvalue weighted by Gasteiger charge is 2.22. The minimum Gasteiger partial charge on any atom is -0.495 e. The summed E-state index contributed by atoms with van der Waals surface area (Å²) >= 11 is 0. The maximum atomic E-state index is 5.55. The van der Waals surface area contributed by atoms with E-state index >= 15 is 0 Å². The van der Waals surface area contributed by atoms with Crippen LogP contribution in [0.3, 0.4) is 0 Å². The van der Waals surface area contributed by atoms with Crippen LogP contribution in [0.25, 0.3) is 0 Å². The minimum atomic E-state index is 0.746. The molecule has 1 aliphatic rings. The maximum Gasteiger partial charge on any atom is 0.142 e. The lowest BCUT2D eigenvalue weighted by molar-refractivity contribution is 0.402. The number of ether oxygens (including phenoxy) is 1. The molecular formula is C17H25NO. The Morgan fingerprint density at radius 1 is 1.42 bits per heavy atom. The highest BCUT2D eigenvalue weighted by molar-refractivity contribution is 5.63. The summed E-state index contributed by atoms with van der Waals surface area (Å²) in [5, 5.41) is 3.44. The van der Waals surface area contributed by atoms with Gasteiger partial charge in [0, 0.05) is 5.70 Å². The molecule has 0 unspecified atom stereocenters. The molecule has 2 nitrogen and oxygen atoms in total.